The number of carboxylic acids is 1. The van der Waals surface area contributed by atoms with Gasteiger partial charge in [-0.3, -0.25) is 4.90 Å². The van der Waals surface area contributed by atoms with E-state index in [1.165, 1.54) is 10.5 Å². The van der Waals surface area contributed by atoms with E-state index in [4.69, 9.17) is 9.47 Å². The Labute approximate surface area is 152 Å². The number of carbonyl (C=O) groups is 1. The Hall–Kier alpha value is -2.57. The van der Waals surface area contributed by atoms with Crippen molar-refractivity contribution in [1.82, 2.24) is 4.90 Å². The third-order valence-electron chi connectivity index (χ3n) is 5.05. The summed E-state index contributed by atoms with van der Waals surface area (Å²) in [7, 11) is 0. The predicted molar refractivity (Wildman–Crippen MR) is 93.0 cm³/mol. The van der Waals surface area contributed by atoms with Crippen LogP contribution < -0.4 is 19.5 Å². The van der Waals surface area contributed by atoms with Crippen LogP contribution in [-0.4, -0.2) is 43.8 Å². The summed E-state index contributed by atoms with van der Waals surface area (Å²) in [5, 5.41) is 10.8. The van der Waals surface area contributed by atoms with Gasteiger partial charge >= 0.3 is 0 Å². The molecule has 26 heavy (non-hydrogen) atoms. The van der Waals surface area contributed by atoms with E-state index < -0.39 is 5.97 Å². The minimum atomic E-state index is -1.12. The van der Waals surface area contributed by atoms with Crippen LogP contribution >= 0.6 is 0 Å². The molecule has 2 aliphatic heterocycles. The quantitative estimate of drug-likeness (QED) is 0.797. The summed E-state index contributed by atoms with van der Waals surface area (Å²) >= 11 is 0. The molecule has 0 spiro atoms. The fraction of sp³-hybridized carbons (Fsp3) is 0.350. The molecule has 0 aromatic heterocycles. The molecule has 2 aromatic rings. The number of carbonyl (C=O) groups excluding carboxylic acids is 1. The minimum Gasteiger partial charge on any atom is -0.545 e. The molecule has 0 bridgehead atoms. The summed E-state index contributed by atoms with van der Waals surface area (Å²) < 4.78 is 10.8. The van der Waals surface area contributed by atoms with E-state index in [1.807, 2.05) is 18.2 Å². The van der Waals surface area contributed by atoms with Crippen molar-refractivity contribution in [3.8, 4) is 11.5 Å². The second-order valence-electron chi connectivity index (χ2n) is 6.87. The number of fused-ring (bicyclic) bond motifs is 1. The van der Waals surface area contributed by atoms with Crippen molar-refractivity contribution in [2.45, 2.75) is 13.1 Å². The molecule has 4 rings (SSSR count). The zero-order valence-corrected chi connectivity index (χ0v) is 14.6. The smallest absolute Gasteiger partial charge is 0.231 e. The van der Waals surface area contributed by atoms with Crippen molar-refractivity contribution >= 4 is 5.97 Å². The van der Waals surface area contributed by atoms with Crippen LogP contribution in [0.3, 0.4) is 0 Å². The van der Waals surface area contributed by atoms with Crippen LogP contribution in [0.1, 0.15) is 21.5 Å². The number of ether oxygens (including phenoxy) is 2. The number of nitrogens with zero attached hydrogens (tertiary/aromatic N) is 1. The third kappa shape index (κ3) is 3.81. The van der Waals surface area contributed by atoms with Crippen LogP contribution in [0, 0.1) is 0 Å². The average Bonchev–Trinajstić information content (AvgIpc) is 3.12. The number of hydrogen-bond acceptors (Lipinski definition) is 5. The fourth-order valence-corrected chi connectivity index (χ4v) is 3.55. The van der Waals surface area contributed by atoms with E-state index in [0.29, 0.717) is 6.79 Å². The van der Waals surface area contributed by atoms with E-state index in [2.05, 4.69) is 17.0 Å². The molecule has 0 saturated carbocycles. The molecule has 2 aromatic carbocycles. The maximum atomic E-state index is 10.8. The Bertz CT molecular complexity index is 783. The topological polar surface area (TPSA) is 66.3 Å². The highest BCUT2D eigenvalue weighted by Gasteiger charge is 2.21. The zero-order valence-electron chi connectivity index (χ0n) is 14.6. The first-order valence-corrected chi connectivity index (χ1v) is 8.92. The molecule has 0 aliphatic carbocycles. The van der Waals surface area contributed by atoms with Crippen LogP contribution in [0.5, 0.6) is 11.5 Å². The lowest BCUT2D eigenvalue weighted by atomic mass is 10.1. The SMILES string of the molecule is O=C([O-])c1ccc(C[NH+]2CCN(Cc3ccc4c(c3)OCO4)CC2)cc1. The maximum Gasteiger partial charge on any atom is 0.231 e. The standard InChI is InChI=1S/C20H22N2O4/c23-20(24)17-4-1-15(2-5-17)12-21-7-9-22(10-8-21)13-16-3-6-18-19(11-16)26-14-25-18/h1-6,11H,7-10,12-14H2,(H,23,24). The highest BCUT2D eigenvalue weighted by Crippen LogP contribution is 2.32. The van der Waals surface area contributed by atoms with Crippen molar-refractivity contribution in [1.29, 1.82) is 0 Å². The Morgan fingerprint density at radius 2 is 1.69 bits per heavy atom. The van der Waals surface area contributed by atoms with Gasteiger partial charge < -0.3 is 24.3 Å². The van der Waals surface area contributed by atoms with Gasteiger partial charge in [-0.1, -0.05) is 30.3 Å². The molecule has 2 heterocycles. The van der Waals surface area contributed by atoms with E-state index >= 15 is 0 Å². The summed E-state index contributed by atoms with van der Waals surface area (Å²) in [6.07, 6.45) is 0. The minimum absolute atomic E-state index is 0.234. The van der Waals surface area contributed by atoms with Gasteiger partial charge in [0.15, 0.2) is 11.5 Å². The van der Waals surface area contributed by atoms with Gasteiger partial charge in [0, 0.05) is 25.2 Å². The van der Waals surface area contributed by atoms with Crippen molar-refractivity contribution in [3.63, 3.8) is 0 Å². The molecule has 2 aliphatic rings. The highest BCUT2D eigenvalue weighted by molar-refractivity contribution is 5.85. The molecule has 0 unspecified atom stereocenters. The van der Waals surface area contributed by atoms with Crippen molar-refractivity contribution in [3.05, 3.63) is 59.2 Å². The van der Waals surface area contributed by atoms with E-state index in [1.54, 1.807) is 12.1 Å². The van der Waals surface area contributed by atoms with Crippen molar-refractivity contribution in [2.75, 3.05) is 33.0 Å². The second-order valence-corrected chi connectivity index (χ2v) is 6.87. The Morgan fingerprint density at radius 1 is 1.00 bits per heavy atom. The molecule has 1 saturated heterocycles. The van der Waals surface area contributed by atoms with Gasteiger partial charge in [0.05, 0.1) is 19.1 Å². The van der Waals surface area contributed by atoms with Gasteiger partial charge in [-0.15, -0.1) is 0 Å². The number of carboxylic acid groups (broad SMARTS) is 1. The van der Waals surface area contributed by atoms with Crippen LogP contribution in [0.15, 0.2) is 42.5 Å². The van der Waals surface area contributed by atoms with Gasteiger partial charge in [-0.05, 0) is 23.3 Å². The molecule has 1 fully saturated rings. The summed E-state index contributed by atoms with van der Waals surface area (Å²) in [6, 6.07) is 13.2. The molecule has 0 atom stereocenters. The van der Waals surface area contributed by atoms with Crippen LogP contribution in [0.25, 0.3) is 0 Å². The van der Waals surface area contributed by atoms with Crippen molar-refractivity contribution < 1.29 is 24.3 Å². The average molecular weight is 354 g/mol. The summed E-state index contributed by atoms with van der Waals surface area (Å²) in [6.45, 7) is 6.39. The van der Waals surface area contributed by atoms with Gasteiger partial charge in [0.1, 0.15) is 6.54 Å². The second kappa shape index (κ2) is 7.35. The predicted octanol–water partition coefficient (Wildman–Crippen LogP) is -0.320. The third-order valence-corrected chi connectivity index (χ3v) is 5.05. The molecule has 6 nitrogen and oxygen atoms in total. The number of rotatable bonds is 5. The van der Waals surface area contributed by atoms with Gasteiger partial charge in [0.25, 0.3) is 0 Å². The first-order chi connectivity index (χ1) is 12.7. The Morgan fingerprint density at radius 3 is 2.42 bits per heavy atom. The highest BCUT2D eigenvalue weighted by atomic mass is 16.7. The number of benzene rings is 2. The summed E-state index contributed by atoms with van der Waals surface area (Å²) in [4.78, 5) is 14.8. The number of hydrogen-bond donors (Lipinski definition) is 1. The van der Waals surface area contributed by atoms with Crippen LogP contribution in [-0.2, 0) is 13.1 Å². The van der Waals surface area contributed by atoms with Crippen molar-refractivity contribution in [2.24, 2.45) is 0 Å². The summed E-state index contributed by atoms with van der Waals surface area (Å²) in [5.41, 5.74) is 2.64. The molecule has 0 radical (unpaired) electrons. The fourth-order valence-electron chi connectivity index (χ4n) is 3.55. The Balaban J connectivity index is 1.28. The zero-order chi connectivity index (χ0) is 17.9. The number of nitrogens with one attached hydrogen (secondary N) is 1. The summed E-state index contributed by atoms with van der Waals surface area (Å²) in [5.74, 6) is 0.542. The van der Waals surface area contributed by atoms with Gasteiger partial charge in [0.2, 0.25) is 6.79 Å². The Kier molecular flexibility index (Phi) is 4.77. The van der Waals surface area contributed by atoms with Gasteiger partial charge in [-0.25, -0.2) is 0 Å². The number of quaternary nitrogens is 1. The molecule has 1 N–H and O–H groups in total. The largest absolute Gasteiger partial charge is 0.545 e. The van der Waals surface area contributed by atoms with Crippen LogP contribution in [0.2, 0.25) is 0 Å². The van der Waals surface area contributed by atoms with E-state index in [-0.39, 0.29) is 5.56 Å². The monoisotopic (exact) mass is 354 g/mol. The lowest BCUT2D eigenvalue weighted by Gasteiger charge is -2.32. The first kappa shape index (κ1) is 16.9. The lowest BCUT2D eigenvalue weighted by molar-refractivity contribution is -0.918. The molecular formula is C20H22N2O4. The van der Waals surface area contributed by atoms with Gasteiger partial charge in [-0.2, -0.15) is 0 Å². The van der Waals surface area contributed by atoms with Crippen LogP contribution in [0.4, 0.5) is 0 Å². The normalized spacial score (nSPS) is 17.4. The molecule has 136 valence electrons. The molecule has 0 amide bonds. The first-order valence-electron chi connectivity index (χ1n) is 8.92. The molecular weight excluding hydrogens is 332 g/mol. The number of piperazine rings is 1. The van der Waals surface area contributed by atoms with E-state index in [0.717, 1.165) is 56.3 Å². The molecule has 6 heteroatoms. The van der Waals surface area contributed by atoms with E-state index in [9.17, 15) is 9.90 Å². The maximum absolute atomic E-state index is 10.8. The lowest BCUT2D eigenvalue weighted by Crippen LogP contribution is -3.13. The number of aromatic carboxylic acids is 1.